The minimum absolute atomic E-state index is 0.332. The van der Waals surface area contributed by atoms with E-state index in [1.165, 1.54) is 45.8 Å². The van der Waals surface area contributed by atoms with Crippen LogP contribution in [0.25, 0.3) is 11.1 Å². The van der Waals surface area contributed by atoms with Crippen LogP contribution in [-0.4, -0.2) is 0 Å². The highest BCUT2D eigenvalue weighted by Gasteiger charge is 2.65. The molecule has 5 rings (SSSR count). The van der Waals surface area contributed by atoms with Crippen LogP contribution < -0.4 is 0 Å². The van der Waals surface area contributed by atoms with E-state index in [9.17, 15) is 0 Å². The molecule has 24 heavy (non-hydrogen) atoms. The summed E-state index contributed by atoms with van der Waals surface area (Å²) in [4.78, 5) is 0. The molecular formula is C22H22Br2. The van der Waals surface area contributed by atoms with E-state index >= 15 is 0 Å². The molecule has 0 atom stereocenters. The maximum atomic E-state index is 3.75. The van der Waals surface area contributed by atoms with Gasteiger partial charge in [-0.15, -0.1) is 0 Å². The fraction of sp³-hybridized carbons (Fsp3) is 0.455. The Morgan fingerprint density at radius 1 is 0.708 bits per heavy atom. The number of fused-ring (bicyclic) bond motifs is 3. The smallest absolute Gasteiger partial charge is 0.0178 e. The Morgan fingerprint density at radius 2 is 1.08 bits per heavy atom. The molecule has 124 valence electrons. The van der Waals surface area contributed by atoms with Crippen LogP contribution in [-0.2, 0) is 10.8 Å². The molecule has 0 spiro atoms. The van der Waals surface area contributed by atoms with Gasteiger partial charge in [0.15, 0.2) is 0 Å². The zero-order valence-electron chi connectivity index (χ0n) is 14.2. The SMILES string of the molecule is CC1CC23CC(C)CC2(C1)c1cc(Br)ccc1-c1ccc(Br)cc13. The van der Waals surface area contributed by atoms with E-state index < -0.39 is 0 Å². The number of hydrogen-bond donors (Lipinski definition) is 0. The molecular weight excluding hydrogens is 424 g/mol. The second kappa shape index (κ2) is 4.98. The van der Waals surface area contributed by atoms with Gasteiger partial charge in [-0.3, -0.25) is 0 Å². The van der Waals surface area contributed by atoms with Gasteiger partial charge in [0.2, 0.25) is 0 Å². The molecule has 0 unspecified atom stereocenters. The largest absolute Gasteiger partial charge is 0.0624 e. The molecule has 0 radical (unpaired) electrons. The molecule has 2 aromatic rings. The van der Waals surface area contributed by atoms with Crippen molar-refractivity contribution in [3.8, 4) is 11.1 Å². The van der Waals surface area contributed by atoms with Crippen molar-refractivity contribution < 1.29 is 0 Å². The van der Waals surface area contributed by atoms with Crippen LogP contribution in [0.2, 0.25) is 0 Å². The Balaban J connectivity index is 1.92. The van der Waals surface area contributed by atoms with Gasteiger partial charge in [0, 0.05) is 19.8 Å². The Morgan fingerprint density at radius 3 is 1.46 bits per heavy atom. The Hall–Kier alpha value is -0.600. The molecule has 3 aliphatic rings. The van der Waals surface area contributed by atoms with Gasteiger partial charge in [-0.05, 0) is 84.0 Å². The molecule has 0 amide bonds. The average Bonchev–Trinajstić information content (AvgIpc) is 2.95. The Kier molecular flexibility index (Phi) is 3.24. The summed E-state index contributed by atoms with van der Waals surface area (Å²) in [5.74, 6) is 1.60. The van der Waals surface area contributed by atoms with E-state index in [1.54, 1.807) is 11.1 Å². The highest BCUT2D eigenvalue weighted by molar-refractivity contribution is 9.10. The van der Waals surface area contributed by atoms with Crippen molar-refractivity contribution in [2.45, 2.75) is 50.4 Å². The average molecular weight is 446 g/mol. The molecule has 2 heteroatoms. The predicted molar refractivity (Wildman–Crippen MR) is 107 cm³/mol. The quantitative estimate of drug-likeness (QED) is 0.401. The maximum Gasteiger partial charge on any atom is 0.0178 e. The molecule has 2 aromatic carbocycles. The van der Waals surface area contributed by atoms with Crippen molar-refractivity contribution in [3.63, 3.8) is 0 Å². The first kappa shape index (κ1) is 15.6. The van der Waals surface area contributed by atoms with Gasteiger partial charge in [-0.1, -0.05) is 57.8 Å². The summed E-state index contributed by atoms with van der Waals surface area (Å²) in [6.07, 6.45) is 5.36. The molecule has 0 N–H and O–H groups in total. The van der Waals surface area contributed by atoms with E-state index in [0.717, 1.165) is 11.8 Å². The summed E-state index contributed by atoms with van der Waals surface area (Å²) in [5.41, 5.74) is 6.83. The summed E-state index contributed by atoms with van der Waals surface area (Å²) in [7, 11) is 0. The second-order valence-corrected chi connectivity index (χ2v) is 10.4. The van der Waals surface area contributed by atoms with Gasteiger partial charge in [0.1, 0.15) is 0 Å². The molecule has 0 nitrogen and oxygen atoms in total. The van der Waals surface area contributed by atoms with Gasteiger partial charge in [-0.25, -0.2) is 0 Å². The van der Waals surface area contributed by atoms with E-state index in [-0.39, 0.29) is 0 Å². The zero-order chi connectivity index (χ0) is 16.7. The molecule has 2 fully saturated rings. The van der Waals surface area contributed by atoms with Gasteiger partial charge in [0.05, 0.1) is 0 Å². The van der Waals surface area contributed by atoms with E-state index in [1.807, 2.05) is 0 Å². The minimum atomic E-state index is 0.332. The molecule has 0 saturated heterocycles. The van der Waals surface area contributed by atoms with Crippen LogP contribution in [0.1, 0.15) is 50.7 Å². The third-order valence-corrected chi connectivity index (χ3v) is 7.97. The standard InChI is InChI=1S/C22H22Br2/c1-13-9-21-11-14(2)12-22(21,10-13)20-8-16(24)4-6-18(20)17-5-3-15(23)7-19(17)21/h3-8,13-14H,9-12H2,1-2H3. The molecule has 0 aliphatic heterocycles. The lowest BCUT2D eigenvalue weighted by atomic mass is 9.55. The highest BCUT2D eigenvalue weighted by atomic mass is 79.9. The van der Waals surface area contributed by atoms with Crippen molar-refractivity contribution in [2.24, 2.45) is 11.8 Å². The topological polar surface area (TPSA) is 0 Å². The normalized spacial score (nSPS) is 36.0. The van der Waals surface area contributed by atoms with Gasteiger partial charge in [-0.2, -0.15) is 0 Å². The van der Waals surface area contributed by atoms with Crippen molar-refractivity contribution >= 4 is 31.9 Å². The van der Waals surface area contributed by atoms with Gasteiger partial charge >= 0.3 is 0 Å². The molecule has 2 saturated carbocycles. The van der Waals surface area contributed by atoms with E-state index in [2.05, 4.69) is 82.1 Å². The second-order valence-electron chi connectivity index (χ2n) is 8.57. The summed E-state index contributed by atoms with van der Waals surface area (Å²) < 4.78 is 2.45. The van der Waals surface area contributed by atoms with Gasteiger partial charge in [0.25, 0.3) is 0 Å². The summed E-state index contributed by atoms with van der Waals surface area (Å²) >= 11 is 7.51. The van der Waals surface area contributed by atoms with Gasteiger partial charge < -0.3 is 0 Å². The van der Waals surface area contributed by atoms with Crippen LogP contribution in [0.5, 0.6) is 0 Å². The number of benzene rings is 2. The zero-order valence-corrected chi connectivity index (χ0v) is 17.4. The summed E-state index contributed by atoms with van der Waals surface area (Å²) in [6.45, 7) is 4.93. The van der Waals surface area contributed by atoms with Crippen LogP contribution >= 0.6 is 31.9 Å². The summed E-state index contributed by atoms with van der Waals surface area (Å²) in [5, 5.41) is 0. The predicted octanol–water partition coefficient (Wildman–Crippen LogP) is 7.23. The van der Waals surface area contributed by atoms with E-state index in [0.29, 0.717) is 10.8 Å². The minimum Gasteiger partial charge on any atom is -0.0624 e. The lowest BCUT2D eigenvalue weighted by Gasteiger charge is -2.47. The lowest BCUT2D eigenvalue weighted by molar-refractivity contribution is 0.299. The van der Waals surface area contributed by atoms with Crippen LogP contribution in [0, 0.1) is 11.8 Å². The Bertz CT molecular complexity index is 768. The fourth-order valence-corrected chi connectivity index (χ4v) is 7.44. The first-order valence-electron chi connectivity index (χ1n) is 9.06. The number of hydrogen-bond acceptors (Lipinski definition) is 0. The highest BCUT2D eigenvalue weighted by Crippen LogP contribution is 2.71. The third-order valence-electron chi connectivity index (χ3n) is 6.99. The summed E-state index contributed by atoms with van der Waals surface area (Å²) in [6, 6.07) is 14.0. The van der Waals surface area contributed by atoms with Crippen molar-refractivity contribution in [2.75, 3.05) is 0 Å². The molecule has 3 aliphatic carbocycles. The van der Waals surface area contributed by atoms with Crippen molar-refractivity contribution in [1.82, 2.24) is 0 Å². The first-order valence-corrected chi connectivity index (χ1v) is 10.6. The lowest BCUT2D eigenvalue weighted by Crippen LogP contribution is -2.43. The molecule has 0 aromatic heterocycles. The monoisotopic (exact) mass is 444 g/mol. The molecule has 0 bridgehead atoms. The number of halogens is 2. The van der Waals surface area contributed by atoms with Crippen molar-refractivity contribution in [1.29, 1.82) is 0 Å². The number of rotatable bonds is 0. The first-order chi connectivity index (χ1) is 11.4. The third kappa shape index (κ3) is 1.80. The van der Waals surface area contributed by atoms with Crippen LogP contribution in [0.4, 0.5) is 0 Å². The maximum absolute atomic E-state index is 3.75. The van der Waals surface area contributed by atoms with Crippen LogP contribution in [0.3, 0.4) is 0 Å². The molecule has 0 heterocycles. The van der Waals surface area contributed by atoms with Crippen LogP contribution in [0.15, 0.2) is 45.3 Å². The Labute approximate surface area is 161 Å². The van der Waals surface area contributed by atoms with Crippen molar-refractivity contribution in [3.05, 3.63) is 56.5 Å². The van der Waals surface area contributed by atoms with E-state index in [4.69, 9.17) is 0 Å². The fourth-order valence-electron chi connectivity index (χ4n) is 6.72.